The molecule has 0 bridgehead atoms. The number of halogens is 1. The van der Waals surface area contributed by atoms with Gasteiger partial charge in [-0.15, -0.1) is 0 Å². The van der Waals surface area contributed by atoms with Gasteiger partial charge in [0.2, 0.25) is 0 Å². The van der Waals surface area contributed by atoms with E-state index in [1.165, 1.54) is 18.2 Å². The topological polar surface area (TPSA) is 107 Å². The van der Waals surface area contributed by atoms with E-state index in [1.807, 2.05) is 5.43 Å². The van der Waals surface area contributed by atoms with Crippen LogP contribution in [0.1, 0.15) is 0 Å². The zero-order chi connectivity index (χ0) is 12.1. The highest BCUT2D eigenvalue weighted by atomic mass is 79.9. The molecular weight excluding hydrogens is 282 g/mol. The van der Waals surface area contributed by atoms with E-state index >= 15 is 0 Å². The minimum atomic E-state index is -0.555. The molecule has 8 heteroatoms. The highest BCUT2D eigenvalue weighted by Gasteiger charge is 2.10. The van der Waals surface area contributed by atoms with Gasteiger partial charge in [-0.3, -0.25) is 20.3 Å². The summed E-state index contributed by atoms with van der Waals surface area (Å²) in [7, 11) is 0. The normalized spacial score (nSPS) is 9.62. The van der Waals surface area contributed by atoms with Crippen LogP contribution in [-0.2, 0) is 4.79 Å². The molecule has 0 atom stereocenters. The third-order valence-electron chi connectivity index (χ3n) is 1.60. The molecular formula is C8H8BrN3O4. The molecule has 16 heavy (non-hydrogen) atoms. The van der Waals surface area contributed by atoms with Crippen LogP contribution in [0.4, 0.5) is 5.69 Å². The van der Waals surface area contributed by atoms with Crippen molar-refractivity contribution in [1.29, 1.82) is 0 Å². The number of non-ortho nitro benzene ring substituents is 1. The molecule has 0 aromatic heterocycles. The predicted octanol–water partition coefficient (Wildman–Crippen LogP) is 0.726. The number of nitrogens with two attached hydrogens (primary N) is 1. The molecule has 3 N–H and O–H groups in total. The summed E-state index contributed by atoms with van der Waals surface area (Å²) in [5.74, 6) is 4.53. The molecule has 0 radical (unpaired) electrons. The number of carbonyl (C=O) groups excluding carboxylic acids is 1. The SMILES string of the molecule is NNC(=O)COc1cc(Br)cc([N+](=O)[O-])c1. The summed E-state index contributed by atoms with van der Waals surface area (Å²) >= 11 is 3.10. The van der Waals surface area contributed by atoms with Crippen LogP contribution in [0, 0.1) is 10.1 Å². The molecule has 0 aliphatic carbocycles. The number of ether oxygens (including phenoxy) is 1. The highest BCUT2D eigenvalue weighted by molar-refractivity contribution is 9.10. The van der Waals surface area contributed by atoms with Gasteiger partial charge in [-0.1, -0.05) is 15.9 Å². The zero-order valence-electron chi connectivity index (χ0n) is 7.97. The van der Waals surface area contributed by atoms with Gasteiger partial charge in [0.15, 0.2) is 6.61 Å². The minimum Gasteiger partial charge on any atom is -0.483 e. The highest BCUT2D eigenvalue weighted by Crippen LogP contribution is 2.25. The Kier molecular flexibility index (Phi) is 4.20. The van der Waals surface area contributed by atoms with E-state index in [0.29, 0.717) is 4.47 Å². The summed E-state index contributed by atoms with van der Waals surface area (Å²) < 4.78 is 5.49. The zero-order valence-corrected chi connectivity index (χ0v) is 9.56. The second-order valence-electron chi connectivity index (χ2n) is 2.76. The number of nitrogens with one attached hydrogen (secondary N) is 1. The number of nitro groups is 1. The number of hydrogen-bond acceptors (Lipinski definition) is 5. The van der Waals surface area contributed by atoms with Gasteiger partial charge in [0.25, 0.3) is 11.6 Å². The molecule has 1 aromatic rings. The van der Waals surface area contributed by atoms with Gasteiger partial charge in [-0.05, 0) is 6.07 Å². The molecule has 0 saturated carbocycles. The molecule has 0 unspecified atom stereocenters. The van der Waals surface area contributed by atoms with Gasteiger partial charge < -0.3 is 4.74 Å². The summed E-state index contributed by atoms with van der Waals surface area (Å²) in [4.78, 5) is 20.8. The minimum absolute atomic E-state index is 0.127. The Morgan fingerprint density at radius 2 is 2.25 bits per heavy atom. The van der Waals surface area contributed by atoms with Crippen molar-refractivity contribution in [3.63, 3.8) is 0 Å². The van der Waals surface area contributed by atoms with Crippen molar-refractivity contribution in [3.05, 3.63) is 32.8 Å². The summed E-state index contributed by atoms with van der Waals surface area (Å²) in [6, 6.07) is 4.06. The first kappa shape index (κ1) is 12.4. The van der Waals surface area contributed by atoms with Gasteiger partial charge in [-0.25, -0.2) is 5.84 Å². The number of nitro benzene ring substituents is 1. The average molecular weight is 290 g/mol. The van der Waals surface area contributed by atoms with E-state index in [4.69, 9.17) is 10.6 Å². The molecule has 1 aromatic carbocycles. The molecule has 0 fully saturated rings. The van der Waals surface area contributed by atoms with E-state index in [2.05, 4.69) is 15.9 Å². The third-order valence-corrected chi connectivity index (χ3v) is 2.06. The number of carbonyl (C=O) groups is 1. The summed E-state index contributed by atoms with van der Waals surface area (Å²) in [6.07, 6.45) is 0. The maximum Gasteiger partial charge on any atom is 0.274 e. The molecule has 1 amide bonds. The van der Waals surface area contributed by atoms with Crippen molar-refractivity contribution in [2.45, 2.75) is 0 Å². The van der Waals surface area contributed by atoms with Crippen LogP contribution in [0.2, 0.25) is 0 Å². The Morgan fingerprint density at radius 3 is 2.81 bits per heavy atom. The number of amides is 1. The standard InChI is InChI=1S/C8H8BrN3O4/c9-5-1-6(12(14)15)3-7(2-5)16-4-8(13)11-10/h1-3H,4,10H2,(H,11,13). The molecule has 0 aliphatic rings. The molecule has 0 aliphatic heterocycles. The molecule has 1 rings (SSSR count). The first-order chi connectivity index (χ1) is 7.52. The van der Waals surface area contributed by atoms with Crippen LogP contribution in [0.5, 0.6) is 5.75 Å². The second-order valence-corrected chi connectivity index (χ2v) is 3.67. The van der Waals surface area contributed by atoms with Crippen LogP contribution in [0.3, 0.4) is 0 Å². The van der Waals surface area contributed by atoms with Gasteiger partial charge in [-0.2, -0.15) is 0 Å². The largest absolute Gasteiger partial charge is 0.483 e. The Bertz CT molecular complexity index is 424. The number of hydrazine groups is 1. The third kappa shape index (κ3) is 3.48. The van der Waals surface area contributed by atoms with Crippen molar-refractivity contribution < 1.29 is 14.5 Å². The van der Waals surface area contributed by atoms with Crippen LogP contribution in [-0.4, -0.2) is 17.4 Å². The van der Waals surface area contributed by atoms with Crippen molar-refractivity contribution in [3.8, 4) is 5.75 Å². The maximum absolute atomic E-state index is 10.8. The van der Waals surface area contributed by atoms with Crippen LogP contribution in [0.15, 0.2) is 22.7 Å². The van der Waals surface area contributed by atoms with Crippen molar-refractivity contribution in [1.82, 2.24) is 5.43 Å². The summed E-state index contributed by atoms with van der Waals surface area (Å²) in [6.45, 7) is -0.301. The van der Waals surface area contributed by atoms with Gasteiger partial charge >= 0.3 is 0 Å². The van der Waals surface area contributed by atoms with Gasteiger partial charge in [0.1, 0.15) is 5.75 Å². The monoisotopic (exact) mass is 289 g/mol. The Morgan fingerprint density at radius 1 is 1.56 bits per heavy atom. The lowest BCUT2D eigenvalue weighted by molar-refractivity contribution is -0.385. The number of nitrogens with zero attached hydrogens (tertiary/aromatic N) is 1. The smallest absolute Gasteiger partial charge is 0.274 e. The van der Waals surface area contributed by atoms with Crippen LogP contribution >= 0.6 is 15.9 Å². The quantitative estimate of drug-likeness (QED) is 0.368. The van der Waals surface area contributed by atoms with E-state index < -0.39 is 10.8 Å². The van der Waals surface area contributed by atoms with Gasteiger partial charge in [0, 0.05) is 10.5 Å². The molecule has 0 spiro atoms. The van der Waals surface area contributed by atoms with E-state index in [9.17, 15) is 14.9 Å². The molecule has 0 saturated heterocycles. The predicted molar refractivity (Wildman–Crippen MR) is 58.6 cm³/mol. The fraction of sp³-hybridized carbons (Fsp3) is 0.125. The van der Waals surface area contributed by atoms with Crippen molar-refractivity contribution in [2.24, 2.45) is 5.84 Å². The van der Waals surface area contributed by atoms with Crippen molar-refractivity contribution >= 4 is 27.5 Å². The number of rotatable bonds is 4. The molecule has 86 valence electrons. The van der Waals surface area contributed by atoms with E-state index in [-0.39, 0.29) is 18.0 Å². The molecule has 0 heterocycles. The fourth-order valence-electron chi connectivity index (χ4n) is 0.927. The summed E-state index contributed by atoms with van der Waals surface area (Å²) in [5, 5.41) is 10.5. The Hall–Kier alpha value is -1.67. The summed E-state index contributed by atoms with van der Waals surface area (Å²) in [5.41, 5.74) is 1.75. The van der Waals surface area contributed by atoms with Crippen LogP contribution in [0.25, 0.3) is 0 Å². The first-order valence-electron chi connectivity index (χ1n) is 4.10. The van der Waals surface area contributed by atoms with E-state index in [0.717, 1.165) is 0 Å². The van der Waals surface area contributed by atoms with Crippen LogP contribution < -0.4 is 16.0 Å². The fourth-order valence-corrected chi connectivity index (χ4v) is 1.39. The Balaban J connectivity index is 2.80. The number of benzene rings is 1. The number of hydrogen-bond donors (Lipinski definition) is 2. The van der Waals surface area contributed by atoms with Gasteiger partial charge in [0.05, 0.1) is 11.0 Å². The Labute approximate surface area is 98.8 Å². The maximum atomic E-state index is 10.8. The lowest BCUT2D eigenvalue weighted by Gasteiger charge is -2.05. The van der Waals surface area contributed by atoms with E-state index in [1.54, 1.807) is 0 Å². The lowest BCUT2D eigenvalue weighted by Crippen LogP contribution is -2.34. The first-order valence-corrected chi connectivity index (χ1v) is 4.89. The average Bonchev–Trinajstić information content (AvgIpc) is 2.25. The van der Waals surface area contributed by atoms with Crippen molar-refractivity contribution in [2.75, 3.05) is 6.61 Å². The molecule has 7 nitrogen and oxygen atoms in total. The lowest BCUT2D eigenvalue weighted by atomic mass is 10.3. The second kappa shape index (κ2) is 5.42.